The van der Waals surface area contributed by atoms with Crippen molar-refractivity contribution in [1.29, 1.82) is 0 Å². The van der Waals surface area contributed by atoms with Gasteiger partial charge in [-0.3, -0.25) is 4.79 Å². The third kappa shape index (κ3) is 5.29. The van der Waals surface area contributed by atoms with Crippen molar-refractivity contribution >= 4 is 15.9 Å². The van der Waals surface area contributed by atoms with Crippen molar-refractivity contribution in [3.05, 3.63) is 70.3 Å². The van der Waals surface area contributed by atoms with Gasteiger partial charge >= 0.3 is 0 Å². The van der Waals surface area contributed by atoms with Crippen LogP contribution in [0.2, 0.25) is 0 Å². The van der Waals surface area contributed by atoms with E-state index in [-0.39, 0.29) is 23.6 Å². The Hall–Kier alpha value is -2.18. The molecule has 2 aromatic carbocycles. The molecule has 1 aliphatic rings. The second-order valence-corrected chi connectivity index (χ2v) is 10.4. The molecule has 0 bridgehead atoms. The minimum Gasteiger partial charge on any atom is -0.349 e. The third-order valence-corrected chi connectivity index (χ3v) is 7.91. The smallest absolute Gasteiger partial charge is 0.223 e. The molecule has 1 unspecified atom stereocenters. The van der Waals surface area contributed by atoms with E-state index in [2.05, 4.69) is 30.4 Å². The maximum Gasteiger partial charge on any atom is 0.223 e. The van der Waals surface area contributed by atoms with Crippen LogP contribution >= 0.6 is 0 Å². The first-order valence-electron chi connectivity index (χ1n) is 10.6. The highest BCUT2D eigenvalue weighted by atomic mass is 32.2. The van der Waals surface area contributed by atoms with E-state index >= 15 is 0 Å². The highest BCUT2D eigenvalue weighted by Crippen LogP contribution is 2.25. The second kappa shape index (κ2) is 9.31. The molecule has 0 radical (unpaired) electrons. The lowest BCUT2D eigenvalue weighted by Crippen LogP contribution is -2.43. The average Bonchev–Trinajstić information content (AvgIpc) is 2.71. The molecule has 1 fully saturated rings. The lowest BCUT2D eigenvalue weighted by atomic mass is 9.95. The number of carbonyl (C=O) groups is 1. The topological polar surface area (TPSA) is 66.5 Å². The fraction of sp³-hybridized carbons (Fsp3) is 0.458. The highest BCUT2D eigenvalue weighted by molar-refractivity contribution is 7.88. The average molecular weight is 429 g/mol. The molecular weight excluding hydrogens is 396 g/mol. The Labute approximate surface area is 180 Å². The summed E-state index contributed by atoms with van der Waals surface area (Å²) in [6.45, 7) is 8.81. The largest absolute Gasteiger partial charge is 0.349 e. The number of nitrogens with zero attached hydrogens (tertiary/aromatic N) is 1. The number of carbonyl (C=O) groups excluding carboxylic acids is 1. The number of amides is 1. The predicted molar refractivity (Wildman–Crippen MR) is 121 cm³/mol. The molecule has 1 atom stereocenters. The summed E-state index contributed by atoms with van der Waals surface area (Å²) in [6.07, 6.45) is 1.11. The first-order chi connectivity index (χ1) is 14.2. The second-order valence-electron chi connectivity index (χ2n) is 8.45. The van der Waals surface area contributed by atoms with Crippen LogP contribution in [-0.4, -0.2) is 31.7 Å². The van der Waals surface area contributed by atoms with E-state index in [0.29, 0.717) is 25.9 Å². The summed E-state index contributed by atoms with van der Waals surface area (Å²) in [4.78, 5) is 12.8. The third-order valence-electron chi connectivity index (χ3n) is 6.08. The molecule has 0 saturated carbocycles. The maximum absolute atomic E-state index is 12.8. The molecule has 162 valence electrons. The molecule has 0 aromatic heterocycles. The normalized spacial score (nSPS) is 16.9. The number of hydrogen-bond donors (Lipinski definition) is 1. The molecule has 1 amide bonds. The molecule has 1 heterocycles. The Morgan fingerprint density at radius 3 is 2.40 bits per heavy atom. The summed E-state index contributed by atoms with van der Waals surface area (Å²) >= 11 is 0. The number of piperidine rings is 1. The van der Waals surface area contributed by atoms with E-state index in [1.54, 1.807) is 0 Å². The fourth-order valence-corrected chi connectivity index (χ4v) is 5.76. The van der Waals surface area contributed by atoms with E-state index in [4.69, 9.17) is 0 Å². The molecule has 0 aliphatic carbocycles. The lowest BCUT2D eigenvalue weighted by Gasteiger charge is -2.31. The van der Waals surface area contributed by atoms with Crippen LogP contribution in [0.5, 0.6) is 0 Å². The summed E-state index contributed by atoms with van der Waals surface area (Å²) in [5, 5.41) is 3.13. The molecule has 30 heavy (non-hydrogen) atoms. The molecule has 2 aromatic rings. The Bertz CT molecular complexity index is 1010. The quantitative estimate of drug-likeness (QED) is 0.755. The van der Waals surface area contributed by atoms with Gasteiger partial charge in [-0.25, -0.2) is 12.7 Å². The first kappa shape index (κ1) is 22.5. The van der Waals surface area contributed by atoms with Crippen molar-refractivity contribution in [2.75, 3.05) is 13.1 Å². The summed E-state index contributed by atoms with van der Waals surface area (Å²) in [5.41, 5.74) is 5.27. The van der Waals surface area contributed by atoms with E-state index in [1.165, 1.54) is 9.87 Å². The van der Waals surface area contributed by atoms with Crippen LogP contribution in [0.25, 0.3) is 0 Å². The minimum atomic E-state index is -3.38. The molecule has 1 saturated heterocycles. The molecule has 6 heteroatoms. The Morgan fingerprint density at radius 2 is 1.73 bits per heavy atom. The zero-order valence-corrected chi connectivity index (χ0v) is 19.1. The first-order valence-corrected chi connectivity index (χ1v) is 12.2. The van der Waals surface area contributed by atoms with Gasteiger partial charge in [0.15, 0.2) is 0 Å². The predicted octanol–water partition coefficient (Wildman–Crippen LogP) is 4.03. The summed E-state index contributed by atoms with van der Waals surface area (Å²) in [5.74, 6) is -0.123. The highest BCUT2D eigenvalue weighted by Gasteiger charge is 2.32. The Balaban J connectivity index is 1.57. The number of nitrogens with one attached hydrogen (secondary N) is 1. The van der Waals surface area contributed by atoms with E-state index in [0.717, 1.165) is 22.3 Å². The van der Waals surface area contributed by atoms with Gasteiger partial charge in [-0.15, -0.1) is 0 Å². The number of rotatable bonds is 6. The lowest BCUT2D eigenvalue weighted by molar-refractivity contribution is -0.126. The van der Waals surface area contributed by atoms with E-state index in [9.17, 15) is 13.2 Å². The SMILES string of the molecule is Cc1ccc(C)c(C(C)NC(=O)C2CCN(S(=O)(=O)Cc3ccccc3C)CC2)c1. The van der Waals surface area contributed by atoms with Crippen molar-refractivity contribution in [2.24, 2.45) is 5.92 Å². The van der Waals surface area contributed by atoms with Gasteiger partial charge in [0.2, 0.25) is 15.9 Å². The molecule has 0 spiro atoms. The van der Waals surface area contributed by atoms with Gasteiger partial charge < -0.3 is 5.32 Å². The summed E-state index contributed by atoms with van der Waals surface area (Å²) in [6, 6.07) is 13.8. The van der Waals surface area contributed by atoms with Crippen molar-refractivity contribution in [1.82, 2.24) is 9.62 Å². The number of hydrogen-bond acceptors (Lipinski definition) is 3. The standard InChI is InChI=1S/C24H32N2O3S/c1-17-9-10-19(3)23(15-17)20(4)25-24(27)21-11-13-26(14-12-21)30(28,29)16-22-8-6-5-7-18(22)2/h5-10,15,20-21H,11-14,16H2,1-4H3,(H,25,27). The van der Waals surface area contributed by atoms with Crippen molar-refractivity contribution in [3.63, 3.8) is 0 Å². The van der Waals surface area contributed by atoms with Crippen LogP contribution in [0.1, 0.15) is 53.6 Å². The number of sulfonamides is 1. The van der Waals surface area contributed by atoms with Gasteiger partial charge in [0.05, 0.1) is 11.8 Å². The van der Waals surface area contributed by atoms with Crippen LogP contribution in [0.4, 0.5) is 0 Å². The summed E-state index contributed by atoms with van der Waals surface area (Å²) < 4.78 is 27.2. The molecule has 1 N–H and O–H groups in total. The number of aryl methyl sites for hydroxylation is 3. The van der Waals surface area contributed by atoms with Crippen LogP contribution in [0.15, 0.2) is 42.5 Å². The monoisotopic (exact) mass is 428 g/mol. The Kier molecular flexibility index (Phi) is 6.98. The zero-order valence-electron chi connectivity index (χ0n) is 18.3. The van der Waals surface area contributed by atoms with E-state index < -0.39 is 10.0 Å². The van der Waals surface area contributed by atoms with Crippen molar-refractivity contribution in [2.45, 2.75) is 52.3 Å². The molecular formula is C24H32N2O3S. The Morgan fingerprint density at radius 1 is 1.07 bits per heavy atom. The van der Waals surface area contributed by atoms with Crippen LogP contribution in [0, 0.1) is 26.7 Å². The molecule has 3 rings (SSSR count). The van der Waals surface area contributed by atoms with Gasteiger partial charge in [0, 0.05) is 19.0 Å². The zero-order chi connectivity index (χ0) is 21.9. The minimum absolute atomic E-state index is 0.0133. The van der Waals surface area contributed by atoms with Gasteiger partial charge in [0.25, 0.3) is 0 Å². The maximum atomic E-state index is 12.8. The molecule has 5 nitrogen and oxygen atoms in total. The summed E-state index contributed by atoms with van der Waals surface area (Å²) in [7, 11) is -3.38. The van der Waals surface area contributed by atoms with Crippen LogP contribution in [0.3, 0.4) is 0 Å². The van der Waals surface area contributed by atoms with Gasteiger partial charge in [-0.2, -0.15) is 0 Å². The van der Waals surface area contributed by atoms with Gasteiger partial charge in [-0.05, 0) is 62.8 Å². The van der Waals surface area contributed by atoms with Crippen LogP contribution in [-0.2, 0) is 20.6 Å². The van der Waals surface area contributed by atoms with Crippen molar-refractivity contribution in [3.8, 4) is 0 Å². The fourth-order valence-electron chi connectivity index (χ4n) is 4.09. The van der Waals surface area contributed by atoms with Crippen molar-refractivity contribution < 1.29 is 13.2 Å². The van der Waals surface area contributed by atoms with Gasteiger partial charge in [0.1, 0.15) is 0 Å². The van der Waals surface area contributed by atoms with Crippen LogP contribution < -0.4 is 5.32 Å². The van der Waals surface area contributed by atoms with Gasteiger partial charge in [-0.1, -0.05) is 48.0 Å². The number of benzene rings is 2. The molecule has 1 aliphatic heterocycles. The van der Waals surface area contributed by atoms with E-state index in [1.807, 2.05) is 45.0 Å².